The van der Waals surface area contributed by atoms with E-state index in [9.17, 15) is 13.2 Å². The molecule has 0 fully saturated rings. The minimum Gasteiger partial charge on any atom is -0.369 e. The van der Waals surface area contributed by atoms with Crippen molar-refractivity contribution in [1.29, 1.82) is 0 Å². The lowest BCUT2D eigenvalue weighted by atomic mass is 10.2. The number of terminal acetylenes is 1. The number of anilines is 1. The van der Waals surface area contributed by atoms with Gasteiger partial charge in [0.25, 0.3) is 0 Å². The van der Waals surface area contributed by atoms with E-state index in [4.69, 9.17) is 6.42 Å². The quantitative estimate of drug-likeness (QED) is 0.683. The third kappa shape index (κ3) is 3.42. The highest BCUT2D eigenvalue weighted by molar-refractivity contribution is 9.10. The molecule has 0 amide bonds. The van der Waals surface area contributed by atoms with E-state index in [2.05, 4.69) is 32.2 Å². The van der Waals surface area contributed by atoms with E-state index in [1.165, 1.54) is 6.20 Å². The molecule has 0 atom stereocenters. The van der Waals surface area contributed by atoms with Gasteiger partial charge in [-0.05, 0) is 22.0 Å². The molecule has 0 saturated carbocycles. The fourth-order valence-electron chi connectivity index (χ4n) is 1.05. The number of halogens is 4. The van der Waals surface area contributed by atoms with E-state index in [-0.39, 0.29) is 16.8 Å². The highest BCUT2D eigenvalue weighted by Crippen LogP contribution is 2.35. The first-order chi connectivity index (χ1) is 7.45. The molecule has 6 heteroatoms. The SMILES string of the molecule is C#CCCNc1ncc(Br)cc1C(F)(F)F. The molecule has 0 spiro atoms. The van der Waals surface area contributed by atoms with E-state index < -0.39 is 11.7 Å². The minimum absolute atomic E-state index is 0.203. The molecule has 0 saturated heterocycles. The van der Waals surface area contributed by atoms with Gasteiger partial charge in [0.15, 0.2) is 0 Å². The Bertz CT molecular complexity index is 410. The number of pyridine rings is 1. The summed E-state index contributed by atoms with van der Waals surface area (Å²) in [7, 11) is 0. The molecule has 1 rings (SSSR count). The van der Waals surface area contributed by atoms with Crippen LogP contribution >= 0.6 is 15.9 Å². The number of nitrogens with zero attached hydrogens (tertiary/aromatic N) is 1. The Kier molecular flexibility index (Phi) is 4.19. The predicted molar refractivity (Wildman–Crippen MR) is 58.9 cm³/mol. The lowest BCUT2D eigenvalue weighted by Gasteiger charge is -2.13. The lowest BCUT2D eigenvalue weighted by Crippen LogP contribution is -2.13. The van der Waals surface area contributed by atoms with Crippen LogP contribution in [0, 0.1) is 12.3 Å². The molecule has 0 aliphatic rings. The van der Waals surface area contributed by atoms with Gasteiger partial charge in [0, 0.05) is 23.6 Å². The molecular weight excluding hydrogens is 285 g/mol. The predicted octanol–water partition coefficient (Wildman–Crippen LogP) is 3.30. The van der Waals surface area contributed by atoms with Crippen LogP contribution in [0.15, 0.2) is 16.7 Å². The molecule has 0 aliphatic heterocycles. The third-order valence-corrected chi connectivity index (χ3v) is 2.16. The first-order valence-corrected chi connectivity index (χ1v) is 5.14. The smallest absolute Gasteiger partial charge is 0.369 e. The second kappa shape index (κ2) is 5.21. The number of aromatic nitrogens is 1. The van der Waals surface area contributed by atoms with Crippen molar-refractivity contribution in [2.75, 3.05) is 11.9 Å². The Labute approximate surface area is 99.4 Å². The molecule has 1 N–H and O–H groups in total. The van der Waals surface area contributed by atoms with Crippen molar-refractivity contribution >= 4 is 21.7 Å². The van der Waals surface area contributed by atoms with Gasteiger partial charge in [-0.25, -0.2) is 4.98 Å². The molecule has 0 aliphatic carbocycles. The topological polar surface area (TPSA) is 24.9 Å². The fourth-order valence-corrected chi connectivity index (χ4v) is 1.38. The van der Waals surface area contributed by atoms with Crippen LogP contribution in [-0.4, -0.2) is 11.5 Å². The summed E-state index contributed by atoms with van der Waals surface area (Å²) in [6.07, 6.45) is 2.21. The van der Waals surface area contributed by atoms with Gasteiger partial charge in [0.2, 0.25) is 0 Å². The molecule has 1 heterocycles. The van der Waals surface area contributed by atoms with Crippen molar-refractivity contribution in [3.8, 4) is 12.3 Å². The van der Waals surface area contributed by atoms with Crippen LogP contribution in [-0.2, 0) is 6.18 Å². The third-order valence-electron chi connectivity index (χ3n) is 1.72. The average molecular weight is 293 g/mol. The van der Waals surface area contributed by atoms with Gasteiger partial charge in [0.1, 0.15) is 5.82 Å². The summed E-state index contributed by atoms with van der Waals surface area (Å²) in [5.74, 6) is 2.12. The molecule has 0 radical (unpaired) electrons. The van der Waals surface area contributed by atoms with E-state index in [1.54, 1.807) is 0 Å². The van der Waals surface area contributed by atoms with E-state index in [0.717, 1.165) is 6.07 Å². The normalized spacial score (nSPS) is 10.9. The Morgan fingerprint density at radius 3 is 2.75 bits per heavy atom. The van der Waals surface area contributed by atoms with Gasteiger partial charge in [-0.1, -0.05) is 0 Å². The van der Waals surface area contributed by atoms with Crippen molar-refractivity contribution in [2.24, 2.45) is 0 Å². The van der Waals surface area contributed by atoms with Crippen molar-refractivity contribution in [3.05, 3.63) is 22.3 Å². The molecule has 2 nitrogen and oxygen atoms in total. The fraction of sp³-hybridized carbons (Fsp3) is 0.300. The zero-order chi connectivity index (χ0) is 12.2. The maximum absolute atomic E-state index is 12.6. The molecule has 1 aromatic heterocycles. The molecule has 86 valence electrons. The second-order valence-corrected chi connectivity index (χ2v) is 3.84. The highest BCUT2D eigenvalue weighted by Gasteiger charge is 2.34. The zero-order valence-electron chi connectivity index (χ0n) is 8.11. The van der Waals surface area contributed by atoms with Crippen LogP contribution in [0.25, 0.3) is 0 Å². The van der Waals surface area contributed by atoms with Gasteiger partial charge in [-0.3, -0.25) is 0 Å². The maximum atomic E-state index is 12.6. The highest BCUT2D eigenvalue weighted by atomic mass is 79.9. The van der Waals surface area contributed by atoms with E-state index >= 15 is 0 Å². The Hall–Kier alpha value is -1.22. The summed E-state index contributed by atoms with van der Waals surface area (Å²) < 4.78 is 38.1. The standard InChI is InChI=1S/C10H8BrF3N2/c1-2-3-4-15-9-8(10(12,13)14)5-7(11)6-16-9/h1,5-6H,3-4H2,(H,15,16). The molecular formula is C10H8BrF3N2. The lowest BCUT2D eigenvalue weighted by molar-refractivity contribution is -0.137. The summed E-state index contributed by atoms with van der Waals surface area (Å²) >= 11 is 2.95. The Morgan fingerprint density at radius 2 is 2.19 bits per heavy atom. The molecule has 1 aromatic rings. The Morgan fingerprint density at radius 1 is 1.50 bits per heavy atom. The minimum atomic E-state index is -4.44. The number of alkyl halides is 3. The number of nitrogens with one attached hydrogen (secondary N) is 1. The van der Waals surface area contributed by atoms with Crippen LogP contribution < -0.4 is 5.32 Å². The summed E-state index contributed by atoms with van der Waals surface area (Å²) in [4.78, 5) is 3.67. The second-order valence-electron chi connectivity index (χ2n) is 2.93. The molecule has 0 aromatic carbocycles. The first kappa shape index (κ1) is 12.8. The number of rotatable bonds is 3. The summed E-state index contributed by atoms with van der Waals surface area (Å²) in [5.41, 5.74) is -0.807. The van der Waals surface area contributed by atoms with Crippen molar-refractivity contribution in [2.45, 2.75) is 12.6 Å². The van der Waals surface area contributed by atoms with Gasteiger partial charge >= 0.3 is 6.18 Å². The van der Waals surface area contributed by atoms with Crippen LogP contribution in [0.2, 0.25) is 0 Å². The van der Waals surface area contributed by atoms with Gasteiger partial charge in [-0.2, -0.15) is 13.2 Å². The largest absolute Gasteiger partial charge is 0.419 e. The van der Waals surface area contributed by atoms with Gasteiger partial charge in [-0.15, -0.1) is 12.3 Å². The molecule has 0 unspecified atom stereocenters. The van der Waals surface area contributed by atoms with Crippen LogP contribution in [0.1, 0.15) is 12.0 Å². The zero-order valence-corrected chi connectivity index (χ0v) is 9.69. The molecule has 16 heavy (non-hydrogen) atoms. The first-order valence-electron chi connectivity index (χ1n) is 4.35. The summed E-state index contributed by atoms with van der Waals surface area (Å²) in [5, 5.41) is 2.55. The van der Waals surface area contributed by atoms with Crippen molar-refractivity contribution in [3.63, 3.8) is 0 Å². The van der Waals surface area contributed by atoms with Crippen molar-refractivity contribution in [1.82, 2.24) is 4.98 Å². The number of hydrogen-bond acceptors (Lipinski definition) is 2. The monoisotopic (exact) mass is 292 g/mol. The summed E-state index contributed by atoms with van der Waals surface area (Å²) in [6, 6.07) is 0.977. The number of hydrogen-bond donors (Lipinski definition) is 1. The van der Waals surface area contributed by atoms with Crippen LogP contribution in [0.4, 0.5) is 19.0 Å². The van der Waals surface area contributed by atoms with Gasteiger partial charge in [0.05, 0.1) is 5.56 Å². The molecule has 0 bridgehead atoms. The maximum Gasteiger partial charge on any atom is 0.419 e. The van der Waals surface area contributed by atoms with Gasteiger partial charge < -0.3 is 5.32 Å². The van der Waals surface area contributed by atoms with Crippen molar-refractivity contribution < 1.29 is 13.2 Å². The van der Waals surface area contributed by atoms with Crippen LogP contribution in [0.3, 0.4) is 0 Å². The van der Waals surface area contributed by atoms with E-state index in [1.807, 2.05) is 0 Å². The van der Waals surface area contributed by atoms with E-state index in [0.29, 0.717) is 6.42 Å². The average Bonchev–Trinajstić information content (AvgIpc) is 2.19. The van der Waals surface area contributed by atoms with Crippen LogP contribution in [0.5, 0.6) is 0 Å². The Balaban J connectivity index is 2.95. The summed E-state index contributed by atoms with van der Waals surface area (Å²) in [6.45, 7) is 0.258.